The van der Waals surface area contributed by atoms with Crippen LogP contribution in [0.25, 0.3) is 0 Å². The molecule has 0 bridgehead atoms. The molecule has 0 saturated carbocycles. The van der Waals surface area contributed by atoms with Crippen LogP contribution >= 0.6 is 0 Å². The number of urea groups is 1. The van der Waals surface area contributed by atoms with Crippen LogP contribution in [0.15, 0.2) is 29.2 Å². The number of amides is 2. The number of hydrogen-bond acceptors (Lipinski definition) is 4. The fourth-order valence-corrected chi connectivity index (χ4v) is 3.22. The second-order valence-corrected chi connectivity index (χ2v) is 7.57. The number of benzene rings is 1. The quantitative estimate of drug-likeness (QED) is 0.661. The van der Waals surface area contributed by atoms with E-state index in [-0.39, 0.29) is 17.0 Å². The minimum absolute atomic E-state index is 0.00913. The summed E-state index contributed by atoms with van der Waals surface area (Å²) in [7, 11) is 0.289. The fraction of sp³-hybridized carbons (Fsp3) is 0.562. The van der Waals surface area contributed by atoms with Gasteiger partial charge in [0.1, 0.15) is 0 Å². The summed E-state index contributed by atoms with van der Waals surface area (Å²) in [6.07, 6.45) is 2.11. The van der Waals surface area contributed by atoms with Gasteiger partial charge in [-0.2, -0.15) is 0 Å². The topological polar surface area (TPSA) is 105 Å². The monoisotopic (exact) mass is 356 g/mol. The number of rotatable bonds is 8. The first-order valence-corrected chi connectivity index (χ1v) is 9.57. The van der Waals surface area contributed by atoms with Crippen molar-refractivity contribution in [1.29, 1.82) is 0 Å². The van der Waals surface area contributed by atoms with Gasteiger partial charge in [0.2, 0.25) is 10.0 Å². The lowest BCUT2D eigenvalue weighted by molar-refractivity contribution is 0.193. The van der Waals surface area contributed by atoms with E-state index in [1.807, 2.05) is 14.1 Å². The van der Waals surface area contributed by atoms with Crippen molar-refractivity contribution in [1.82, 2.24) is 10.2 Å². The van der Waals surface area contributed by atoms with Crippen molar-refractivity contribution >= 4 is 21.7 Å². The molecule has 0 aliphatic rings. The third kappa shape index (κ3) is 6.10. The Labute approximate surface area is 144 Å². The summed E-state index contributed by atoms with van der Waals surface area (Å²) in [5.41, 5.74) is 0.504. The normalized spacial score (nSPS) is 13.1. The zero-order valence-corrected chi connectivity index (χ0v) is 15.6. The third-order valence-corrected chi connectivity index (χ3v) is 5.10. The molecule has 0 radical (unpaired) electrons. The van der Waals surface area contributed by atoms with Crippen molar-refractivity contribution in [3.63, 3.8) is 0 Å². The molecular weight excluding hydrogens is 328 g/mol. The maximum Gasteiger partial charge on any atom is 0.319 e. The molecule has 0 heterocycles. The molecule has 1 unspecified atom stereocenters. The minimum atomic E-state index is -3.73. The van der Waals surface area contributed by atoms with Gasteiger partial charge in [-0.1, -0.05) is 26.7 Å². The Kier molecular flexibility index (Phi) is 7.65. The van der Waals surface area contributed by atoms with Crippen LogP contribution in [0.3, 0.4) is 0 Å². The van der Waals surface area contributed by atoms with Crippen molar-refractivity contribution < 1.29 is 13.2 Å². The summed E-state index contributed by atoms with van der Waals surface area (Å²) in [4.78, 5) is 14.2. The minimum Gasteiger partial charge on any atom is -0.336 e. The van der Waals surface area contributed by atoms with Crippen LogP contribution in [0.1, 0.15) is 26.7 Å². The van der Waals surface area contributed by atoms with Crippen LogP contribution in [0.4, 0.5) is 10.5 Å². The van der Waals surface area contributed by atoms with Gasteiger partial charge in [-0.25, -0.2) is 18.4 Å². The molecule has 0 aliphatic heterocycles. The van der Waals surface area contributed by atoms with Crippen molar-refractivity contribution in [3.05, 3.63) is 24.3 Å². The molecule has 8 heteroatoms. The van der Waals surface area contributed by atoms with E-state index in [0.717, 1.165) is 12.8 Å². The number of sulfonamides is 1. The highest BCUT2D eigenvalue weighted by molar-refractivity contribution is 7.89. The van der Waals surface area contributed by atoms with Gasteiger partial charge in [-0.3, -0.25) is 0 Å². The highest BCUT2D eigenvalue weighted by Crippen LogP contribution is 2.16. The molecule has 136 valence electrons. The van der Waals surface area contributed by atoms with Gasteiger partial charge in [-0.15, -0.1) is 0 Å². The van der Waals surface area contributed by atoms with Crippen molar-refractivity contribution in [2.24, 2.45) is 11.1 Å². The maximum atomic E-state index is 12.0. The van der Waals surface area contributed by atoms with Crippen LogP contribution in [-0.2, 0) is 10.0 Å². The molecule has 4 N–H and O–H groups in total. The first-order chi connectivity index (χ1) is 11.2. The molecule has 1 atom stereocenters. The molecule has 24 heavy (non-hydrogen) atoms. The lowest BCUT2D eigenvalue weighted by Gasteiger charge is -2.31. The molecule has 1 aromatic rings. The van der Waals surface area contributed by atoms with Gasteiger partial charge >= 0.3 is 6.03 Å². The molecule has 1 rings (SSSR count). The number of nitrogens with two attached hydrogens (primary N) is 1. The van der Waals surface area contributed by atoms with Crippen LogP contribution < -0.4 is 15.8 Å². The molecule has 0 aliphatic carbocycles. The largest absolute Gasteiger partial charge is 0.336 e. The van der Waals surface area contributed by atoms with Gasteiger partial charge in [0.15, 0.2) is 0 Å². The lowest BCUT2D eigenvalue weighted by atomic mass is 9.93. The Bertz CT molecular complexity index is 625. The second kappa shape index (κ2) is 9.00. The summed E-state index contributed by atoms with van der Waals surface area (Å²) < 4.78 is 22.4. The molecule has 0 spiro atoms. The predicted octanol–water partition coefficient (Wildman–Crippen LogP) is 1.82. The SMILES string of the molecule is CCC(CC)C(CNC(=O)Nc1ccc(S(N)(=O)=O)cc1)N(C)C. The molecule has 1 aromatic carbocycles. The summed E-state index contributed by atoms with van der Waals surface area (Å²) in [5, 5.41) is 10.6. The number of carbonyl (C=O) groups is 1. The summed E-state index contributed by atoms with van der Waals surface area (Å²) in [6, 6.07) is 5.66. The van der Waals surface area contributed by atoms with Gasteiger partial charge < -0.3 is 15.5 Å². The number of hydrogen-bond donors (Lipinski definition) is 3. The van der Waals surface area contributed by atoms with Gasteiger partial charge in [-0.05, 0) is 44.3 Å². The van der Waals surface area contributed by atoms with Crippen LogP contribution in [-0.4, -0.2) is 46.0 Å². The van der Waals surface area contributed by atoms with Crippen LogP contribution in [0.5, 0.6) is 0 Å². The number of nitrogens with zero attached hydrogens (tertiary/aromatic N) is 1. The molecular formula is C16H28N4O3S. The first-order valence-electron chi connectivity index (χ1n) is 8.03. The Morgan fingerprint density at radius 2 is 1.71 bits per heavy atom. The van der Waals surface area contributed by atoms with E-state index in [9.17, 15) is 13.2 Å². The standard InChI is InChI=1S/C16H28N4O3S/c1-5-12(6-2)15(20(3)4)11-18-16(21)19-13-7-9-14(10-8-13)24(17,22)23/h7-10,12,15H,5-6,11H2,1-4H3,(H2,17,22,23)(H2,18,19,21). The average Bonchev–Trinajstić information content (AvgIpc) is 2.50. The van der Waals surface area contributed by atoms with Crippen molar-refractivity contribution in [2.75, 3.05) is 26.0 Å². The summed E-state index contributed by atoms with van der Waals surface area (Å²) in [5.74, 6) is 0.509. The average molecular weight is 356 g/mol. The Morgan fingerprint density at radius 3 is 2.12 bits per heavy atom. The number of primary sulfonamides is 1. The predicted molar refractivity (Wildman–Crippen MR) is 96.4 cm³/mol. The Hall–Kier alpha value is -1.64. The zero-order valence-electron chi connectivity index (χ0n) is 14.7. The summed E-state index contributed by atoms with van der Waals surface area (Å²) >= 11 is 0. The van der Waals surface area contributed by atoms with E-state index in [1.54, 1.807) is 0 Å². The van der Waals surface area contributed by atoms with Gasteiger partial charge in [0, 0.05) is 18.3 Å². The van der Waals surface area contributed by atoms with E-state index in [1.165, 1.54) is 24.3 Å². The van der Waals surface area contributed by atoms with E-state index < -0.39 is 10.0 Å². The zero-order chi connectivity index (χ0) is 18.3. The van der Waals surface area contributed by atoms with Crippen LogP contribution in [0.2, 0.25) is 0 Å². The molecule has 0 fully saturated rings. The number of nitrogens with one attached hydrogen (secondary N) is 2. The van der Waals surface area contributed by atoms with Crippen molar-refractivity contribution in [2.45, 2.75) is 37.6 Å². The third-order valence-electron chi connectivity index (χ3n) is 4.17. The van der Waals surface area contributed by atoms with Gasteiger partial charge in [0.05, 0.1) is 4.90 Å². The van der Waals surface area contributed by atoms with E-state index in [4.69, 9.17) is 5.14 Å². The van der Waals surface area contributed by atoms with Crippen molar-refractivity contribution in [3.8, 4) is 0 Å². The highest BCUT2D eigenvalue weighted by Gasteiger charge is 2.21. The smallest absolute Gasteiger partial charge is 0.319 e. The van der Waals surface area contributed by atoms with Crippen LogP contribution in [0, 0.1) is 5.92 Å². The molecule has 0 aromatic heterocycles. The number of anilines is 1. The van der Waals surface area contributed by atoms with Gasteiger partial charge in [0.25, 0.3) is 0 Å². The second-order valence-electron chi connectivity index (χ2n) is 6.01. The maximum absolute atomic E-state index is 12.0. The lowest BCUT2D eigenvalue weighted by Crippen LogP contribution is -2.45. The Balaban J connectivity index is 2.62. The fourth-order valence-electron chi connectivity index (χ4n) is 2.70. The molecule has 0 saturated heterocycles. The molecule has 2 amide bonds. The number of likely N-dealkylation sites (N-methyl/N-ethyl adjacent to an activating group) is 1. The molecule has 7 nitrogen and oxygen atoms in total. The van der Waals surface area contributed by atoms with E-state index in [0.29, 0.717) is 18.2 Å². The first kappa shape index (κ1) is 20.4. The highest BCUT2D eigenvalue weighted by atomic mass is 32.2. The Morgan fingerprint density at radius 1 is 1.17 bits per heavy atom. The van der Waals surface area contributed by atoms with E-state index >= 15 is 0 Å². The summed E-state index contributed by atoms with van der Waals surface area (Å²) in [6.45, 7) is 4.84. The van der Waals surface area contributed by atoms with E-state index in [2.05, 4.69) is 29.4 Å². The number of carbonyl (C=O) groups excluding carboxylic acids is 1.